The van der Waals surface area contributed by atoms with Crippen LogP contribution in [0, 0.1) is 11.3 Å². The molecule has 0 saturated heterocycles. The van der Waals surface area contributed by atoms with Crippen LogP contribution < -0.4 is 24.8 Å². The number of nitrogens with one attached hydrogen (secondary N) is 2. The highest BCUT2D eigenvalue weighted by molar-refractivity contribution is 6.37. The van der Waals surface area contributed by atoms with E-state index in [1.165, 1.54) is 0 Å². The third kappa shape index (κ3) is 11.4. The van der Waals surface area contributed by atoms with E-state index >= 15 is 0 Å². The van der Waals surface area contributed by atoms with Crippen LogP contribution in [0.1, 0.15) is 35.6 Å². The van der Waals surface area contributed by atoms with Gasteiger partial charge in [0, 0.05) is 41.4 Å². The highest BCUT2D eigenvalue weighted by atomic mass is 35.5. The van der Waals surface area contributed by atoms with Gasteiger partial charge in [0.05, 0.1) is 64.8 Å². The van der Waals surface area contributed by atoms with Crippen LogP contribution in [0.5, 0.6) is 17.2 Å². The predicted octanol–water partition coefficient (Wildman–Crippen LogP) is 5.89. The van der Waals surface area contributed by atoms with E-state index in [-0.39, 0.29) is 39.6 Å². The number of nitrogens with zero attached hydrogens (tertiary/aromatic N) is 1. The van der Waals surface area contributed by atoms with Gasteiger partial charge in [-0.15, -0.1) is 0 Å². The molecule has 13 heteroatoms. The molecule has 6 N–H and O–H groups in total. The average molecular weight is 759 g/mol. The first-order valence-corrected chi connectivity index (χ1v) is 17.5. The number of benzene rings is 4. The molecule has 10 nitrogen and oxygen atoms in total. The molecular formula is C38H42Cl3N3O7. The maximum absolute atomic E-state index is 9.77. The molecule has 51 heavy (non-hydrogen) atoms. The number of halogens is 3. The van der Waals surface area contributed by atoms with Gasteiger partial charge in [-0.1, -0.05) is 77.3 Å². The number of aliphatic hydroxyl groups is 4. The number of ether oxygens (including phenoxy) is 3. The molecule has 0 bridgehead atoms. The van der Waals surface area contributed by atoms with E-state index in [2.05, 4.69) is 16.7 Å². The summed E-state index contributed by atoms with van der Waals surface area (Å²) in [5.74, 6) is 1.32. The number of nitriles is 1. The summed E-state index contributed by atoms with van der Waals surface area (Å²) in [7, 11) is 0. The van der Waals surface area contributed by atoms with Crippen LogP contribution in [0.2, 0.25) is 15.1 Å². The van der Waals surface area contributed by atoms with Gasteiger partial charge in [0.15, 0.2) is 0 Å². The van der Waals surface area contributed by atoms with Crippen molar-refractivity contribution in [2.75, 3.05) is 39.5 Å². The zero-order valence-electron chi connectivity index (χ0n) is 28.2. The van der Waals surface area contributed by atoms with Crippen LogP contribution in [-0.2, 0) is 19.8 Å². The van der Waals surface area contributed by atoms with Crippen molar-refractivity contribution in [3.05, 3.63) is 110 Å². The van der Waals surface area contributed by atoms with Gasteiger partial charge in [-0.05, 0) is 49.7 Å². The van der Waals surface area contributed by atoms with Crippen LogP contribution >= 0.6 is 34.8 Å². The first-order chi connectivity index (χ1) is 24.6. The van der Waals surface area contributed by atoms with Crippen molar-refractivity contribution in [2.45, 2.75) is 44.7 Å². The Morgan fingerprint density at radius 1 is 0.804 bits per heavy atom. The first kappa shape index (κ1) is 40.2. The largest absolute Gasteiger partial charge is 0.492 e. The lowest BCUT2D eigenvalue weighted by Crippen LogP contribution is -2.48. The maximum atomic E-state index is 9.77. The molecule has 0 aliphatic heterocycles. The molecule has 272 valence electrons. The van der Waals surface area contributed by atoms with E-state index in [1.54, 1.807) is 43.3 Å². The Kier molecular flexibility index (Phi) is 15.6. The lowest BCUT2D eigenvalue weighted by molar-refractivity contribution is 0.0942. The lowest BCUT2D eigenvalue weighted by Gasteiger charge is -2.27. The van der Waals surface area contributed by atoms with Gasteiger partial charge in [-0.2, -0.15) is 5.26 Å². The Morgan fingerprint density at radius 3 is 2.24 bits per heavy atom. The number of hydrogen-bond acceptors (Lipinski definition) is 10. The van der Waals surface area contributed by atoms with Crippen molar-refractivity contribution in [1.82, 2.24) is 10.6 Å². The Hall–Kier alpha value is -3.60. The number of rotatable bonds is 20. The van der Waals surface area contributed by atoms with E-state index < -0.39 is 11.6 Å². The fourth-order valence-corrected chi connectivity index (χ4v) is 5.72. The second-order valence-corrected chi connectivity index (χ2v) is 13.3. The highest BCUT2D eigenvalue weighted by Crippen LogP contribution is 2.40. The van der Waals surface area contributed by atoms with Crippen LogP contribution in [0.15, 0.2) is 72.8 Å². The van der Waals surface area contributed by atoms with Crippen molar-refractivity contribution in [2.24, 2.45) is 0 Å². The molecule has 0 amide bonds. The summed E-state index contributed by atoms with van der Waals surface area (Å²) in [4.78, 5) is 0. The fraction of sp³-hybridized carbons (Fsp3) is 0.342. The molecular weight excluding hydrogens is 717 g/mol. The molecule has 4 aromatic carbocycles. The summed E-state index contributed by atoms with van der Waals surface area (Å²) in [5.41, 5.74) is 3.12. The fourth-order valence-electron chi connectivity index (χ4n) is 4.92. The zero-order valence-corrected chi connectivity index (χ0v) is 30.4. The highest BCUT2D eigenvalue weighted by Gasteiger charge is 2.23. The minimum Gasteiger partial charge on any atom is -0.492 e. The van der Waals surface area contributed by atoms with Gasteiger partial charge >= 0.3 is 0 Å². The van der Waals surface area contributed by atoms with Crippen LogP contribution in [0.3, 0.4) is 0 Å². The summed E-state index contributed by atoms with van der Waals surface area (Å²) in [5, 5.41) is 54.6. The normalized spacial score (nSPS) is 12.0. The Balaban J connectivity index is 1.50. The molecule has 0 spiro atoms. The third-order valence-corrected chi connectivity index (χ3v) is 9.16. The van der Waals surface area contributed by atoms with Crippen molar-refractivity contribution < 1.29 is 34.6 Å². The van der Waals surface area contributed by atoms with Crippen molar-refractivity contribution in [3.8, 4) is 34.4 Å². The molecule has 0 heterocycles. The van der Waals surface area contributed by atoms with Crippen molar-refractivity contribution >= 4 is 34.8 Å². The van der Waals surface area contributed by atoms with Crippen LogP contribution in [0.25, 0.3) is 11.1 Å². The molecule has 1 atom stereocenters. The van der Waals surface area contributed by atoms with E-state index in [1.807, 2.05) is 36.4 Å². The molecule has 0 aliphatic carbocycles. The average Bonchev–Trinajstić information content (AvgIpc) is 3.15. The van der Waals surface area contributed by atoms with E-state index in [9.17, 15) is 20.6 Å². The second-order valence-electron chi connectivity index (χ2n) is 12.1. The Morgan fingerprint density at radius 2 is 1.51 bits per heavy atom. The summed E-state index contributed by atoms with van der Waals surface area (Å²) in [6.07, 6.45) is -0.133. The second kappa shape index (κ2) is 19.9. The predicted molar refractivity (Wildman–Crippen MR) is 199 cm³/mol. The molecule has 0 radical (unpaired) electrons. The molecule has 0 aromatic heterocycles. The Bertz CT molecular complexity index is 1780. The zero-order chi connectivity index (χ0) is 36.8. The third-order valence-electron chi connectivity index (χ3n) is 8.03. The molecule has 4 rings (SSSR count). The van der Waals surface area contributed by atoms with E-state index in [0.717, 1.165) is 5.56 Å². The van der Waals surface area contributed by atoms with Gasteiger partial charge in [0.1, 0.15) is 30.5 Å². The monoisotopic (exact) mass is 757 g/mol. The molecule has 0 saturated carbocycles. The topological polar surface area (TPSA) is 156 Å². The molecule has 4 aromatic rings. The quantitative estimate of drug-likeness (QED) is 0.0602. The van der Waals surface area contributed by atoms with Crippen molar-refractivity contribution in [1.29, 1.82) is 5.26 Å². The summed E-state index contributed by atoms with van der Waals surface area (Å²) in [6, 6.07) is 23.7. The van der Waals surface area contributed by atoms with Gasteiger partial charge in [-0.25, -0.2) is 0 Å². The van der Waals surface area contributed by atoms with Gasteiger partial charge in [0.2, 0.25) is 0 Å². The minimum atomic E-state index is -0.931. The summed E-state index contributed by atoms with van der Waals surface area (Å²) < 4.78 is 18.3. The molecule has 0 fully saturated rings. The van der Waals surface area contributed by atoms with Gasteiger partial charge in [-0.3, -0.25) is 0 Å². The SMILES string of the molecule is CC(CO)(CO)NCc1cc(Cl)c(OCc2cccc(-c3cccc(OCCCNC[C@H](O)CO)c3Cl)c2Cl)cc1OCc1cccc(C#N)c1. The maximum Gasteiger partial charge on any atom is 0.142 e. The van der Waals surface area contributed by atoms with Crippen molar-refractivity contribution in [3.63, 3.8) is 0 Å². The number of hydrogen-bond donors (Lipinski definition) is 6. The smallest absolute Gasteiger partial charge is 0.142 e. The molecule has 0 aliphatic rings. The minimum absolute atomic E-state index is 0.0759. The summed E-state index contributed by atoms with van der Waals surface area (Å²) in [6.45, 7) is 2.60. The first-order valence-electron chi connectivity index (χ1n) is 16.3. The van der Waals surface area contributed by atoms with E-state index in [4.69, 9.17) is 54.1 Å². The van der Waals surface area contributed by atoms with Gasteiger partial charge < -0.3 is 45.3 Å². The van der Waals surface area contributed by atoms with Crippen LogP contribution in [0.4, 0.5) is 0 Å². The van der Waals surface area contributed by atoms with Gasteiger partial charge in [0.25, 0.3) is 0 Å². The number of aliphatic hydroxyl groups excluding tert-OH is 4. The molecule has 0 unspecified atom stereocenters. The van der Waals surface area contributed by atoms with Crippen LogP contribution in [-0.4, -0.2) is 71.6 Å². The van der Waals surface area contributed by atoms with E-state index in [0.29, 0.717) is 86.3 Å². The lowest BCUT2D eigenvalue weighted by atomic mass is 10.0. The Labute approximate surface area is 313 Å². The standard InChI is InChI=1S/C38H42Cl3N3O7/c1-38(23-46,24-47)44-18-28-15-32(39)35(16-34(28)50-21-26-7-2-6-25(14-26)17-42)51-22-27-8-3-9-30(36(27)40)31-10-4-11-33(37(31)41)49-13-5-12-43-19-29(48)20-45/h2-4,6-11,14-16,29,43-48H,5,12-13,18-24H2,1H3/t29-/m0/s1. The summed E-state index contributed by atoms with van der Waals surface area (Å²) >= 11 is 20.4.